The molecule has 1 heterocycles. The SMILES string of the molecule is Cc1cc(NC2CCSC2)c(C)cc1O. The molecular weight excluding hydrogens is 206 g/mol. The van der Waals surface area contributed by atoms with Crippen molar-refractivity contribution in [3.63, 3.8) is 0 Å². The van der Waals surface area contributed by atoms with E-state index in [1.165, 1.54) is 17.9 Å². The second kappa shape index (κ2) is 4.35. The molecule has 0 aromatic heterocycles. The molecule has 3 heteroatoms. The molecule has 1 atom stereocenters. The minimum Gasteiger partial charge on any atom is -0.508 e. The zero-order chi connectivity index (χ0) is 10.8. The standard InChI is InChI=1S/C12H17NOS/c1-8-6-12(14)9(2)5-11(8)13-10-3-4-15-7-10/h5-6,10,13-14H,3-4,7H2,1-2H3. The number of phenolic OH excluding ortho intramolecular Hbond substituents is 1. The molecule has 0 radical (unpaired) electrons. The number of aryl methyl sites for hydroxylation is 2. The predicted octanol–water partition coefficient (Wildman–Crippen LogP) is 2.93. The molecule has 1 aromatic carbocycles. The first kappa shape index (κ1) is 10.7. The van der Waals surface area contributed by atoms with Gasteiger partial charge in [0.15, 0.2) is 0 Å². The lowest BCUT2D eigenvalue weighted by Gasteiger charge is -2.16. The van der Waals surface area contributed by atoms with E-state index in [9.17, 15) is 5.11 Å². The monoisotopic (exact) mass is 223 g/mol. The van der Waals surface area contributed by atoms with Crippen LogP contribution in [0.5, 0.6) is 5.75 Å². The predicted molar refractivity (Wildman–Crippen MR) is 66.9 cm³/mol. The molecule has 1 saturated heterocycles. The van der Waals surface area contributed by atoms with Crippen LogP contribution >= 0.6 is 11.8 Å². The van der Waals surface area contributed by atoms with Crippen molar-refractivity contribution in [1.29, 1.82) is 0 Å². The molecule has 15 heavy (non-hydrogen) atoms. The van der Waals surface area contributed by atoms with Crippen molar-refractivity contribution in [1.82, 2.24) is 0 Å². The van der Waals surface area contributed by atoms with Gasteiger partial charge in [-0.25, -0.2) is 0 Å². The lowest BCUT2D eigenvalue weighted by Crippen LogP contribution is -2.18. The summed E-state index contributed by atoms with van der Waals surface area (Å²) >= 11 is 2.00. The second-order valence-electron chi connectivity index (χ2n) is 4.16. The minimum absolute atomic E-state index is 0.388. The zero-order valence-corrected chi connectivity index (χ0v) is 10.0. The van der Waals surface area contributed by atoms with Crippen molar-refractivity contribution in [2.45, 2.75) is 26.3 Å². The Kier molecular flexibility index (Phi) is 3.10. The quantitative estimate of drug-likeness (QED) is 0.756. The highest BCUT2D eigenvalue weighted by Crippen LogP contribution is 2.28. The third kappa shape index (κ3) is 2.40. The number of thioether (sulfide) groups is 1. The molecule has 0 aliphatic carbocycles. The Hall–Kier alpha value is -0.830. The van der Waals surface area contributed by atoms with Gasteiger partial charge in [-0.05, 0) is 49.3 Å². The van der Waals surface area contributed by atoms with Crippen LogP contribution in [-0.2, 0) is 0 Å². The summed E-state index contributed by atoms with van der Waals surface area (Å²) < 4.78 is 0. The largest absolute Gasteiger partial charge is 0.508 e. The van der Waals surface area contributed by atoms with Crippen LogP contribution in [0.1, 0.15) is 17.5 Å². The van der Waals surface area contributed by atoms with Gasteiger partial charge in [-0.3, -0.25) is 0 Å². The number of hydrogen-bond donors (Lipinski definition) is 2. The Labute approximate surface area is 95.1 Å². The van der Waals surface area contributed by atoms with Crippen LogP contribution in [0, 0.1) is 13.8 Å². The van der Waals surface area contributed by atoms with E-state index in [2.05, 4.69) is 5.32 Å². The van der Waals surface area contributed by atoms with Gasteiger partial charge in [0, 0.05) is 17.5 Å². The van der Waals surface area contributed by atoms with Crippen LogP contribution in [0.25, 0.3) is 0 Å². The van der Waals surface area contributed by atoms with E-state index >= 15 is 0 Å². The number of anilines is 1. The summed E-state index contributed by atoms with van der Waals surface area (Å²) in [6, 6.07) is 4.46. The average Bonchev–Trinajstić information content (AvgIpc) is 2.67. The topological polar surface area (TPSA) is 32.3 Å². The normalized spacial score (nSPS) is 20.5. The molecular formula is C12H17NOS. The highest BCUT2D eigenvalue weighted by atomic mass is 32.2. The zero-order valence-electron chi connectivity index (χ0n) is 9.21. The average molecular weight is 223 g/mol. The molecule has 1 aliphatic rings. The molecule has 1 fully saturated rings. The van der Waals surface area contributed by atoms with Crippen LogP contribution in [0.3, 0.4) is 0 Å². The third-order valence-electron chi connectivity index (χ3n) is 2.83. The van der Waals surface area contributed by atoms with Crippen molar-refractivity contribution in [3.05, 3.63) is 23.3 Å². The first-order chi connectivity index (χ1) is 7.16. The maximum atomic E-state index is 9.55. The van der Waals surface area contributed by atoms with E-state index in [1.807, 2.05) is 37.7 Å². The van der Waals surface area contributed by atoms with Gasteiger partial charge in [0.2, 0.25) is 0 Å². The molecule has 1 aliphatic heterocycles. The number of aromatic hydroxyl groups is 1. The van der Waals surface area contributed by atoms with E-state index in [-0.39, 0.29) is 0 Å². The molecule has 2 N–H and O–H groups in total. The van der Waals surface area contributed by atoms with Gasteiger partial charge in [0.1, 0.15) is 5.75 Å². The van der Waals surface area contributed by atoms with Crippen LogP contribution in [0.15, 0.2) is 12.1 Å². The fourth-order valence-electron chi connectivity index (χ4n) is 1.82. The Morgan fingerprint density at radius 3 is 2.80 bits per heavy atom. The van der Waals surface area contributed by atoms with E-state index < -0.39 is 0 Å². The van der Waals surface area contributed by atoms with Crippen molar-refractivity contribution in [2.24, 2.45) is 0 Å². The number of nitrogens with one attached hydrogen (secondary N) is 1. The van der Waals surface area contributed by atoms with Crippen molar-refractivity contribution >= 4 is 17.4 Å². The summed E-state index contributed by atoms with van der Waals surface area (Å²) in [6.45, 7) is 3.97. The Bertz CT molecular complexity index is 359. The maximum absolute atomic E-state index is 9.55. The lowest BCUT2D eigenvalue weighted by molar-refractivity contribution is 0.470. The molecule has 0 amide bonds. The summed E-state index contributed by atoms with van der Waals surface area (Å²) in [6.07, 6.45) is 1.24. The second-order valence-corrected chi connectivity index (χ2v) is 5.31. The fourth-order valence-corrected chi connectivity index (χ4v) is 2.98. The number of benzene rings is 1. The smallest absolute Gasteiger partial charge is 0.118 e. The lowest BCUT2D eigenvalue weighted by atomic mass is 10.1. The summed E-state index contributed by atoms with van der Waals surface area (Å²) in [5, 5.41) is 13.1. The van der Waals surface area contributed by atoms with E-state index in [0.717, 1.165) is 16.8 Å². The Morgan fingerprint density at radius 1 is 1.33 bits per heavy atom. The summed E-state index contributed by atoms with van der Waals surface area (Å²) in [4.78, 5) is 0. The number of hydrogen-bond acceptors (Lipinski definition) is 3. The summed E-state index contributed by atoms with van der Waals surface area (Å²) in [5.74, 6) is 2.84. The Balaban J connectivity index is 2.16. The van der Waals surface area contributed by atoms with Gasteiger partial charge in [-0.15, -0.1) is 0 Å². The molecule has 1 aromatic rings. The van der Waals surface area contributed by atoms with Gasteiger partial charge < -0.3 is 10.4 Å². The highest BCUT2D eigenvalue weighted by molar-refractivity contribution is 7.99. The molecule has 2 rings (SSSR count). The van der Waals surface area contributed by atoms with Crippen molar-refractivity contribution < 1.29 is 5.11 Å². The minimum atomic E-state index is 0.388. The molecule has 82 valence electrons. The van der Waals surface area contributed by atoms with Gasteiger partial charge in [-0.1, -0.05) is 0 Å². The van der Waals surface area contributed by atoms with Gasteiger partial charge in [-0.2, -0.15) is 11.8 Å². The summed E-state index contributed by atoms with van der Waals surface area (Å²) in [7, 11) is 0. The number of rotatable bonds is 2. The maximum Gasteiger partial charge on any atom is 0.118 e. The number of phenols is 1. The van der Waals surface area contributed by atoms with Gasteiger partial charge >= 0.3 is 0 Å². The van der Waals surface area contributed by atoms with Crippen LogP contribution in [0.4, 0.5) is 5.69 Å². The van der Waals surface area contributed by atoms with E-state index in [4.69, 9.17) is 0 Å². The fraction of sp³-hybridized carbons (Fsp3) is 0.500. The first-order valence-electron chi connectivity index (χ1n) is 5.31. The van der Waals surface area contributed by atoms with Gasteiger partial charge in [0.05, 0.1) is 0 Å². The van der Waals surface area contributed by atoms with Gasteiger partial charge in [0.25, 0.3) is 0 Å². The molecule has 1 unspecified atom stereocenters. The van der Waals surface area contributed by atoms with Crippen LogP contribution < -0.4 is 5.32 Å². The van der Waals surface area contributed by atoms with Crippen LogP contribution in [-0.4, -0.2) is 22.7 Å². The first-order valence-corrected chi connectivity index (χ1v) is 6.47. The van der Waals surface area contributed by atoms with Crippen molar-refractivity contribution in [2.75, 3.05) is 16.8 Å². The van der Waals surface area contributed by atoms with E-state index in [1.54, 1.807) is 0 Å². The molecule has 2 nitrogen and oxygen atoms in total. The molecule has 0 spiro atoms. The summed E-state index contributed by atoms with van der Waals surface area (Å²) in [5.41, 5.74) is 3.22. The third-order valence-corrected chi connectivity index (χ3v) is 3.99. The molecule has 0 saturated carbocycles. The highest BCUT2D eigenvalue weighted by Gasteiger charge is 2.16. The Morgan fingerprint density at radius 2 is 2.13 bits per heavy atom. The van der Waals surface area contributed by atoms with Crippen LogP contribution in [0.2, 0.25) is 0 Å². The van der Waals surface area contributed by atoms with Crippen molar-refractivity contribution in [3.8, 4) is 5.75 Å². The molecule has 0 bridgehead atoms. The van der Waals surface area contributed by atoms with E-state index in [0.29, 0.717) is 11.8 Å².